The van der Waals surface area contributed by atoms with Crippen LogP contribution in [0.15, 0.2) is 12.4 Å². The third-order valence-corrected chi connectivity index (χ3v) is 5.09. The summed E-state index contributed by atoms with van der Waals surface area (Å²) >= 11 is 0. The monoisotopic (exact) mass is 313 g/mol. The Balaban J connectivity index is 1.74. The van der Waals surface area contributed by atoms with Gasteiger partial charge in [0.2, 0.25) is 10.0 Å². The number of carbonyl (C=O) groups excluding carboxylic acids is 1. The van der Waals surface area contributed by atoms with E-state index < -0.39 is 16.1 Å². The SMILES string of the molecule is CCc1ncc(NC(=O)NCCN2CCCS2(=O)=O)cn1. The summed E-state index contributed by atoms with van der Waals surface area (Å²) in [6, 6.07) is -0.403. The Morgan fingerprint density at radius 3 is 2.67 bits per heavy atom. The first-order chi connectivity index (χ1) is 10.0. The van der Waals surface area contributed by atoms with Gasteiger partial charge in [0.1, 0.15) is 5.82 Å². The first-order valence-electron chi connectivity index (χ1n) is 6.85. The number of aromatic nitrogens is 2. The number of nitrogens with zero attached hydrogens (tertiary/aromatic N) is 3. The largest absolute Gasteiger partial charge is 0.337 e. The van der Waals surface area contributed by atoms with Crippen LogP contribution < -0.4 is 10.6 Å². The average molecular weight is 313 g/mol. The van der Waals surface area contributed by atoms with E-state index in [0.717, 1.165) is 6.42 Å². The maximum atomic E-state index is 11.7. The first kappa shape index (κ1) is 15.6. The van der Waals surface area contributed by atoms with Crippen molar-refractivity contribution in [2.24, 2.45) is 0 Å². The van der Waals surface area contributed by atoms with Crippen molar-refractivity contribution in [1.82, 2.24) is 19.6 Å². The zero-order chi connectivity index (χ0) is 15.3. The molecule has 1 saturated heterocycles. The molecule has 0 unspecified atom stereocenters. The van der Waals surface area contributed by atoms with Crippen LogP contribution in [0.2, 0.25) is 0 Å². The van der Waals surface area contributed by atoms with Gasteiger partial charge in [-0.15, -0.1) is 0 Å². The normalized spacial score (nSPS) is 17.6. The topological polar surface area (TPSA) is 104 Å². The van der Waals surface area contributed by atoms with E-state index in [1.165, 1.54) is 16.7 Å². The highest BCUT2D eigenvalue weighted by atomic mass is 32.2. The molecule has 0 radical (unpaired) electrons. The van der Waals surface area contributed by atoms with Crippen LogP contribution >= 0.6 is 0 Å². The summed E-state index contributed by atoms with van der Waals surface area (Å²) in [7, 11) is -3.11. The van der Waals surface area contributed by atoms with Gasteiger partial charge in [0, 0.05) is 26.1 Å². The summed E-state index contributed by atoms with van der Waals surface area (Å²) < 4.78 is 24.5. The second-order valence-corrected chi connectivity index (χ2v) is 6.78. The highest BCUT2D eigenvalue weighted by molar-refractivity contribution is 7.89. The number of hydrogen-bond donors (Lipinski definition) is 2. The van der Waals surface area contributed by atoms with Gasteiger partial charge in [0.25, 0.3) is 0 Å². The van der Waals surface area contributed by atoms with E-state index >= 15 is 0 Å². The fourth-order valence-electron chi connectivity index (χ4n) is 2.01. The number of anilines is 1. The Labute approximate surface area is 124 Å². The molecule has 21 heavy (non-hydrogen) atoms. The summed E-state index contributed by atoms with van der Waals surface area (Å²) in [5.74, 6) is 0.903. The van der Waals surface area contributed by atoms with E-state index in [-0.39, 0.29) is 12.3 Å². The molecular weight excluding hydrogens is 294 g/mol. The van der Waals surface area contributed by atoms with Gasteiger partial charge in [0.15, 0.2) is 0 Å². The van der Waals surface area contributed by atoms with Crippen molar-refractivity contribution in [2.75, 3.05) is 30.7 Å². The van der Waals surface area contributed by atoms with E-state index in [2.05, 4.69) is 20.6 Å². The number of urea groups is 1. The Morgan fingerprint density at radius 2 is 2.10 bits per heavy atom. The van der Waals surface area contributed by atoms with Crippen molar-refractivity contribution in [3.05, 3.63) is 18.2 Å². The highest BCUT2D eigenvalue weighted by Gasteiger charge is 2.27. The van der Waals surface area contributed by atoms with Crippen molar-refractivity contribution in [1.29, 1.82) is 0 Å². The predicted octanol–water partition coefficient (Wildman–Crippen LogP) is 0.196. The number of nitrogens with one attached hydrogen (secondary N) is 2. The van der Waals surface area contributed by atoms with E-state index in [1.54, 1.807) is 0 Å². The second kappa shape index (κ2) is 6.81. The quantitative estimate of drug-likeness (QED) is 0.808. The molecule has 2 heterocycles. The number of hydrogen-bond acceptors (Lipinski definition) is 5. The number of rotatable bonds is 5. The molecule has 116 valence electrons. The Hall–Kier alpha value is -1.74. The van der Waals surface area contributed by atoms with E-state index in [0.29, 0.717) is 31.0 Å². The molecule has 1 aromatic rings. The van der Waals surface area contributed by atoms with E-state index in [9.17, 15) is 13.2 Å². The fourth-order valence-corrected chi connectivity index (χ4v) is 3.54. The molecule has 0 aliphatic carbocycles. The molecule has 1 aromatic heterocycles. The van der Waals surface area contributed by atoms with Gasteiger partial charge >= 0.3 is 6.03 Å². The standard InChI is InChI=1S/C12H19N5O3S/c1-2-11-14-8-10(9-15-11)16-12(18)13-4-6-17-5-3-7-21(17,19)20/h8-9H,2-7H2,1H3,(H2,13,16,18). The van der Waals surface area contributed by atoms with Crippen molar-refractivity contribution >= 4 is 21.7 Å². The molecule has 0 saturated carbocycles. The molecular formula is C12H19N5O3S. The molecule has 9 heteroatoms. The fraction of sp³-hybridized carbons (Fsp3) is 0.583. The molecule has 0 bridgehead atoms. The molecule has 1 aliphatic rings. The van der Waals surface area contributed by atoms with Crippen LogP contribution in [0.25, 0.3) is 0 Å². The lowest BCUT2D eigenvalue weighted by Gasteiger charge is -2.14. The third-order valence-electron chi connectivity index (χ3n) is 3.13. The predicted molar refractivity (Wildman–Crippen MR) is 78.4 cm³/mol. The van der Waals surface area contributed by atoms with Crippen LogP contribution in [0, 0.1) is 0 Å². The van der Waals surface area contributed by atoms with Crippen molar-refractivity contribution in [2.45, 2.75) is 19.8 Å². The Bertz CT molecular complexity index is 587. The Kier molecular flexibility index (Phi) is 5.07. The van der Waals surface area contributed by atoms with Gasteiger partial charge in [-0.05, 0) is 6.42 Å². The summed E-state index contributed by atoms with van der Waals surface area (Å²) in [4.78, 5) is 19.8. The zero-order valence-corrected chi connectivity index (χ0v) is 12.7. The minimum absolute atomic E-state index is 0.195. The first-order valence-corrected chi connectivity index (χ1v) is 8.46. The smallest absolute Gasteiger partial charge is 0.319 e. The van der Waals surface area contributed by atoms with Crippen molar-refractivity contribution in [3.63, 3.8) is 0 Å². The molecule has 0 spiro atoms. The van der Waals surface area contributed by atoms with E-state index in [1.807, 2.05) is 6.92 Å². The molecule has 0 aromatic carbocycles. The van der Waals surface area contributed by atoms with Crippen molar-refractivity contribution < 1.29 is 13.2 Å². The average Bonchev–Trinajstić information content (AvgIpc) is 2.79. The van der Waals surface area contributed by atoms with Gasteiger partial charge in [-0.1, -0.05) is 6.92 Å². The molecule has 0 atom stereocenters. The molecule has 1 aliphatic heterocycles. The minimum Gasteiger partial charge on any atom is -0.337 e. The van der Waals surface area contributed by atoms with Crippen LogP contribution in [-0.4, -0.2) is 54.1 Å². The maximum absolute atomic E-state index is 11.7. The van der Waals surface area contributed by atoms with Crippen molar-refractivity contribution in [3.8, 4) is 0 Å². The summed E-state index contributed by atoms with van der Waals surface area (Å²) in [6.07, 6.45) is 4.46. The van der Waals surface area contributed by atoms with Gasteiger partial charge in [-0.25, -0.2) is 27.5 Å². The lowest BCUT2D eigenvalue weighted by atomic mass is 10.4. The highest BCUT2D eigenvalue weighted by Crippen LogP contribution is 2.11. The summed E-state index contributed by atoms with van der Waals surface area (Å²) in [5.41, 5.74) is 0.499. The summed E-state index contributed by atoms with van der Waals surface area (Å²) in [5, 5.41) is 5.21. The molecule has 2 amide bonds. The van der Waals surface area contributed by atoms with Gasteiger partial charge < -0.3 is 10.6 Å². The van der Waals surface area contributed by atoms with Crippen LogP contribution in [0.3, 0.4) is 0 Å². The minimum atomic E-state index is -3.11. The number of aryl methyl sites for hydroxylation is 1. The van der Waals surface area contributed by atoms with Gasteiger partial charge in [-0.2, -0.15) is 0 Å². The van der Waals surface area contributed by atoms with Crippen LogP contribution in [0.1, 0.15) is 19.2 Å². The lowest BCUT2D eigenvalue weighted by Crippen LogP contribution is -2.37. The van der Waals surface area contributed by atoms with Crippen LogP contribution in [0.5, 0.6) is 0 Å². The number of sulfonamides is 1. The summed E-state index contributed by atoms with van der Waals surface area (Å²) in [6.45, 7) is 3.03. The molecule has 2 rings (SSSR count). The number of carbonyl (C=O) groups is 1. The molecule has 8 nitrogen and oxygen atoms in total. The molecule has 2 N–H and O–H groups in total. The second-order valence-electron chi connectivity index (χ2n) is 4.69. The molecule has 1 fully saturated rings. The Morgan fingerprint density at radius 1 is 1.38 bits per heavy atom. The lowest BCUT2D eigenvalue weighted by molar-refractivity contribution is 0.251. The third kappa shape index (κ3) is 4.36. The zero-order valence-electron chi connectivity index (χ0n) is 11.9. The number of amides is 2. The van der Waals surface area contributed by atoms with Crippen LogP contribution in [0.4, 0.5) is 10.5 Å². The van der Waals surface area contributed by atoms with E-state index in [4.69, 9.17) is 0 Å². The maximum Gasteiger partial charge on any atom is 0.319 e. The van der Waals surface area contributed by atoms with Gasteiger partial charge in [-0.3, -0.25) is 0 Å². The van der Waals surface area contributed by atoms with Gasteiger partial charge in [0.05, 0.1) is 23.8 Å². The van der Waals surface area contributed by atoms with Crippen LogP contribution in [-0.2, 0) is 16.4 Å².